The second-order valence-electron chi connectivity index (χ2n) is 30.7. The van der Waals surface area contributed by atoms with Gasteiger partial charge in [0, 0.05) is 6.42 Å². The summed E-state index contributed by atoms with van der Waals surface area (Å²) in [5.74, 6) is 1.80. The summed E-state index contributed by atoms with van der Waals surface area (Å²) in [4.78, 5) is 84.5. The minimum Gasteiger partial charge on any atom is -0.489 e. The van der Waals surface area contributed by atoms with Crippen molar-refractivity contribution in [1.29, 1.82) is 0 Å². The maximum absolute atomic E-state index is 13.4. The lowest BCUT2D eigenvalue weighted by molar-refractivity contribution is -0.137. The van der Waals surface area contributed by atoms with Crippen LogP contribution in [0.25, 0.3) is 14.5 Å². The van der Waals surface area contributed by atoms with Gasteiger partial charge in [0.15, 0.2) is 0 Å². The smallest absolute Gasteiger partial charge is 0.417 e. The van der Waals surface area contributed by atoms with Crippen LogP contribution in [0.5, 0.6) is 28.7 Å². The predicted octanol–water partition coefficient (Wildman–Crippen LogP) is 22.2. The fourth-order valence-corrected chi connectivity index (χ4v) is 14.1. The number of carboxylic acids is 1. The number of hydrogen-bond acceptors (Lipinski definition) is 15. The zero-order valence-corrected chi connectivity index (χ0v) is 73.3. The Balaban J connectivity index is 0.000000156. The van der Waals surface area contributed by atoms with Crippen molar-refractivity contribution in [2.75, 3.05) is 46.1 Å². The Bertz CT molecular complexity index is 5700. The van der Waals surface area contributed by atoms with Crippen LogP contribution in [0.1, 0.15) is 128 Å². The van der Waals surface area contributed by atoms with E-state index < -0.39 is 36.0 Å². The van der Waals surface area contributed by atoms with Crippen LogP contribution in [0.15, 0.2) is 364 Å². The van der Waals surface area contributed by atoms with Gasteiger partial charge in [0.2, 0.25) is 31.4 Å². The van der Waals surface area contributed by atoms with Crippen molar-refractivity contribution in [2.24, 2.45) is 0 Å². The van der Waals surface area contributed by atoms with Gasteiger partial charge in [0.1, 0.15) is 99.6 Å². The van der Waals surface area contributed by atoms with Gasteiger partial charge in [0.05, 0.1) is 30.9 Å². The molecular weight excluding hydrogens is 1660 g/mol. The SMILES string of the molecule is O=C(Cc1ccc(OCc2ccccc2)cc1)N1C(=O)OC[C@H]1c1ccccc1.O=C(O)CCc1ccc(OCc2ccccc2)cc1.O=C1N[C@H](c2ccccc2)CO1.[C-]#[N+]C[C@@H](C(=O)N1C(=O)OC[C@H]1c1ccccc1)c1ccc(OCc2ccccc2)cc1.[C-]#[N+]C[C@@H](CC)c1ccc(OCc2ccccc2)cc1.[C-]#[N+]C[C@@H](CO)c1ccc(OCc2ccccc2)cc1. The van der Waals surface area contributed by atoms with Crippen molar-refractivity contribution in [3.8, 4) is 28.7 Å². The zero-order valence-electron chi connectivity index (χ0n) is 73.3. The van der Waals surface area contributed by atoms with E-state index in [1.54, 1.807) is 24.3 Å². The van der Waals surface area contributed by atoms with E-state index in [9.17, 15) is 33.9 Å². The van der Waals surface area contributed by atoms with Gasteiger partial charge in [-0.3, -0.25) is 14.4 Å². The van der Waals surface area contributed by atoms with E-state index in [4.69, 9.17) is 62.7 Å². The number of aliphatic carboxylic acids is 1. The molecule has 3 fully saturated rings. The second-order valence-corrected chi connectivity index (χ2v) is 30.7. The number of nitrogens with zero attached hydrogens (tertiary/aromatic N) is 5. The third-order valence-electron chi connectivity index (χ3n) is 21.5. The Labute approximate surface area is 770 Å². The molecule has 0 aliphatic carbocycles. The fraction of sp³-hybridized carbons (Fsp3) is 0.209. The van der Waals surface area contributed by atoms with Gasteiger partial charge in [-0.2, -0.15) is 0 Å². The molecule has 3 heterocycles. The van der Waals surface area contributed by atoms with Gasteiger partial charge in [0.25, 0.3) is 0 Å². The molecule has 22 heteroatoms. The van der Waals surface area contributed by atoms with Crippen molar-refractivity contribution in [3.63, 3.8) is 0 Å². The summed E-state index contributed by atoms with van der Waals surface area (Å²) in [5, 5.41) is 20.6. The van der Waals surface area contributed by atoms with Crippen molar-refractivity contribution in [1.82, 2.24) is 15.1 Å². The Morgan fingerprint density at radius 1 is 0.379 bits per heavy atom. The van der Waals surface area contributed by atoms with Crippen LogP contribution in [0.3, 0.4) is 0 Å². The van der Waals surface area contributed by atoms with Crippen LogP contribution < -0.4 is 29.0 Å². The number of imide groups is 2. The van der Waals surface area contributed by atoms with Gasteiger partial charge in [-0.25, -0.2) is 43.9 Å². The first-order valence-corrected chi connectivity index (χ1v) is 43.3. The quantitative estimate of drug-likeness (QED) is 0.0262. The first-order chi connectivity index (χ1) is 64.6. The number of rotatable bonds is 32. The van der Waals surface area contributed by atoms with E-state index in [2.05, 4.69) is 51.0 Å². The zero-order chi connectivity index (χ0) is 92.7. The molecular formula is C110H104N6O16. The lowest BCUT2D eigenvalue weighted by Gasteiger charge is -2.23. The standard InChI is InChI=1S/C26H22N2O4.C24H21NO4.C18H19NO.C17H17NO2.C16H16O3.C9H9NO2/c1-27-16-23(20-12-14-22(15-13-20)31-17-19-8-4-2-5-9-19)25(29)28-24(18-32-26(28)30)21-10-6-3-7-11-21;26-23(25-22(17-29-24(25)27)20-9-5-2-6-10-20)15-18-11-13-21(14-12-18)28-16-19-7-3-1-4-8-19;1-3-16(13-19-2)17-9-11-18(12-10-17)20-14-15-7-5-4-6-8-15;1-18-11-16(12-19)15-7-9-17(10-8-15)20-13-14-5-3-2-4-6-14;17-16(18)11-8-13-6-9-15(10-7-13)19-12-14-4-2-1-3-5-14;11-9-10-8(6-12-9)7-4-2-1-3-5-7/h2-15,23-24H,16-18H2;1-14,22H,15-17H2;4-12,16H,3,13-14H2,1H3;2-10,16,19H,11-13H2;1-7,9-10H,8,11-12H2,(H,17,18);1-5,8H,6H2,(H,10,11)/t23-,24+;22-;2*16-;;8-/m1010.0/s1. The maximum Gasteiger partial charge on any atom is 0.417 e. The molecule has 0 radical (unpaired) electrons. The Morgan fingerprint density at radius 3 is 1.04 bits per heavy atom. The highest BCUT2D eigenvalue weighted by Crippen LogP contribution is 2.35. The number of alkyl carbamates (subject to hydrolysis) is 1. The third-order valence-corrected chi connectivity index (χ3v) is 21.5. The normalized spacial score (nSPS) is 14.3. The van der Waals surface area contributed by atoms with E-state index in [0.29, 0.717) is 76.4 Å². The molecule has 0 unspecified atom stereocenters. The first kappa shape index (κ1) is 96.5. The van der Waals surface area contributed by atoms with E-state index in [0.717, 1.165) is 95.5 Å². The average Bonchev–Trinajstić information content (AvgIpc) is 1.65. The summed E-state index contributed by atoms with van der Waals surface area (Å²) in [6.45, 7) is 27.4. The molecule has 0 spiro atoms. The highest BCUT2D eigenvalue weighted by Gasteiger charge is 2.43. The van der Waals surface area contributed by atoms with Gasteiger partial charge >= 0.3 is 24.2 Å². The largest absolute Gasteiger partial charge is 0.489 e. The number of carboxylic acid groups (broad SMARTS) is 1. The predicted molar refractivity (Wildman–Crippen MR) is 504 cm³/mol. The van der Waals surface area contributed by atoms with Crippen molar-refractivity contribution < 1.29 is 76.9 Å². The monoisotopic (exact) mass is 1760 g/mol. The van der Waals surface area contributed by atoms with Gasteiger partial charge < -0.3 is 68.0 Å². The van der Waals surface area contributed by atoms with Gasteiger partial charge in [-0.05, 0) is 146 Å². The Morgan fingerprint density at radius 2 is 0.697 bits per heavy atom. The van der Waals surface area contributed by atoms with E-state index in [-0.39, 0.29) is 69.2 Å². The molecule has 3 aliphatic heterocycles. The number of ether oxygens (including phenoxy) is 8. The van der Waals surface area contributed by atoms with E-state index in [1.807, 2.05) is 315 Å². The summed E-state index contributed by atoms with van der Waals surface area (Å²) in [5.41, 5.74) is 13.0. The van der Waals surface area contributed by atoms with Crippen LogP contribution in [-0.2, 0) is 74.5 Å². The molecule has 13 aromatic rings. The highest BCUT2D eigenvalue weighted by molar-refractivity contribution is 5.98. The molecule has 3 N–H and O–H groups in total. The average molecular weight is 1770 g/mol. The minimum atomic E-state index is -0.774. The number of carbonyl (C=O) groups excluding carboxylic acids is 5. The number of amides is 5. The summed E-state index contributed by atoms with van der Waals surface area (Å²) in [6, 6.07) is 115. The lowest BCUT2D eigenvalue weighted by Crippen LogP contribution is -2.38. The molecule has 5 amide bonds. The number of aliphatic hydroxyl groups excluding tert-OH is 1. The molecule has 132 heavy (non-hydrogen) atoms. The fourth-order valence-electron chi connectivity index (χ4n) is 14.1. The topological polar surface area (TPSA) is 248 Å². The number of aliphatic hydroxyl groups is 1. The van der Waals surface area contributed by atoms with E-state index >= 15 is 0 Å². The molecule has 0 bridgehead atoms. The molecule has 3 saturated heterocycles. The number of aryl methyl sites for hydroxylation is 1. The molecule has 0 aromatic heterocycles. The van der Waals surface area contributed by atoms with Crippen LogP contribution in [0.2, 0.25) is 0 Å². The van der Waals surface area contributed by atoms with Crippen LogP contribution in [-0.4, -0.2) is 102 Å². The second kappa shape index (κ2) is 52.9. The lowest BCUT2D eigenvalue weighted by atomic mass is 9.96. The summed E-state index contributed by atoms with van der Waals surface area (Å²) < 4.78 is 43.8. The minimum absolute atomic E-state index is 0.00734. The highest BCUT2D eigenvalue weighted by atomic mass is 16.6. The summed E-state index contributed by atoms with van der Waals surface area (Å²) >= 11 is 0. The van der Waals surface area contributed by atoms with Crippen LogP contribution in [0, 0.1) is 19.7 Å². The Hall–Kier alpha value is -16.1. The van der Waals surface area contributed by atoms with Crippen molar-refractivity contribution >= 4 is 36.1 Å². The molecule has 670 valence electrons. The number of nitrogens with one attached hydrogen (secondary N) is 1. The third kappa shape index (κ3) is 31.2. The Kier molecular flexibility index (Phi) is 38.7. The number of benzene rings is 13. The molecule has 22 nitrogen and oxygen atoms in total. The van der Waals surface area contributed by atoms with Crippen LogP contribution >= 0.6 is 0 Å². The molecule has 3 aliphatic rings. The van der Waals surface area contributed by atoms with E-state index in [1.165, 1.54) is 10.5 Å². The van der Waals surface area contributed by atoms with Gasteiger partial charge in [-0.1, -0.05) is 310 Å². The molecule has 0 saturated carbocycles. The molecule has 13 aromatic carbocycles. The summed E-state index contributed by atoms with van der Waals surface area (Å²) in [7, 11) is 0. The van der Waals surface area contributed by atoms with Gasteiger partial charge in [-0.15, -0.1) is 0 Å². The molecule has 16 rings (SSSR count). The number of carbonyl (C=O) groups is 6. The number of hydrogen-bond donors (Lipinski definition) is 3. The number of cyclic esters (lactones) is 3. The maximum atomic E-state index is 13.4. The van der Waals surface area contributed by atoms with Crippen LogP contribution in [0.4, 0.5) is 14.4 Å². The first-order valence-electron chi connectivity index (χ1n) is 43.3. The summed E-state index contributed by atoms with van der Waals surface area (Å²) in [6.07, 6.45) is 0.222. The molecule has 6 atom stereocenters. The van der Waals surface area contributed by atoms with Crippen molar-refractivity contribution in [2.45, 2.75) is 102 Å². The van der Waals surface area contributed by atoms with Crippen molar-refractivity contribution in [3.05, 3.63) is 471 Å².